The Balaban J connectivity index is 2.61. The minimum Gasteiger partial charge on any atom is -0.481 e. The standard InChI is InChI=1S/C16H30N2O3/c1-4-6-16(7-5-8-17-11-16)15(21)18-10-13(14(19)20)9-12(2)3/h12-13,17H,4-11H2,1-3H3,(H,18,21)(H,19,20). The van der Waals surface area contributed by atoms with E-state index >= 15 is 0 Å². The number of rotatable bonds is 8. The van der Waals surface area contributed by atoms with Crippen LogP contribution in [0.2, 0.25) is 0 Å². The molecule has 2 atom stereocenters. The van der Waals surface area contributed by atoms with E-state index in [0.717, 1.165) is 32.2 Å². The molecule has 1 fully saturated rings. The molecule has 0 saturated carbocycles. The Morgan fingerprint density at radius 2 is 2.10 bits per heavy atom. The molecule has 1 aliphatic rings. The molecule has 5 heteroatoms. The van der Waals surface area contributed by atoms with E-state index in [0.29, 0.717) is 18.9 Å². The fourth-order valence-corrected chi connectivity index (χ4v) is 3.21. The smallest absolute Gasteiger partial charge is 0.308 e. The minimum atomic E-state index is -0.824. The van der Waals surface area contributed by atoms with Crippen LogP contribution in [0.5, 0.6) is 0 Å². The molecule has 1 heterocycles. The SMILES string of the molecule is CCCC1(C(=O)NCC(CC(C)C)C(=O)O)CCCNC1. The van der Waals surface area contributed by atoms with Crippen LogP contribution in [0.25, 0.3) is 0 Å². The number of carbonyl (C=O) groups excluding carboxylic acids is 1. The molecule has 0 bridgehead atoms. The van der Waals surface area contributed by atoms with Crippen LogP contribution in [0.3, 0.4) is 0 Å². The first-order chi connectivity index (χ1) is 9.91. The normalized spacial score (nSPS) is 23.8. The summed E-state index contributed by atoms with van der Waals surface area (Å²) in [7, 11) is 0. The van der Waals surface area contributed by atoms with E-state index in [1.54, 1.807) is 0 Å². The summed E-state index contributed by atoms with van der Waals surface area (Å²) >= 11 is 0. The van der Waals surface area contributed by atoms with Crippen LogP contribution in [0, 0.1) is 17.3 Å². The van der Waals surface area contributed by atoms with Crippen LogP contribution in [0.15, 0.2) is 0 Å². The first kappa shape index (κ1) is 18.0. The predicted octanol–water partition coefficient (Wildman–Crippen LogP) is 2.02. The third kappa shape index (κ3) is 5.30. The van der Waals surface area contributed by atoms with Crippen molar-refractivity contribution in [3.05, 3.63) is 0 Å². The number of hydrogen-bond donors (Lipinski definition) is 3. The zero-order valence-electron chi connectivity index (χ0n) is 13.6. The van der Waals surface area contributed by atoms with Crippen molar-refractivity contribution >= 4 is 11.9 Å². The molecule has 0 spiro atoms. The van der Waals surface area contributed by atoms with Gasteiger partial charge in [0.15, 0.2) is 0 Å². The zero-order valence-corrected chi connectivity index (χ0v) is 13.6. The maximum Gasteiger partial charge on any atom is 0.308 e. The van der Waals surface area contributed by atoms with Crippen molar-refractivity contribution < 1.29 is 14.7 Å². The number of aliphatic carboxylic acids is 1. The first-order valence-corrected chi connectivity index (χ1v) is 8.13. The van der Waals surface area contributed by atoms with Gasteiger partial charge < -0.3 is 15.7 Å². The lowest BCUT2D eigenvalue weighted by Gasteiger charge is -2.36. The van der Waals surface area contributed by atoms with Crippen LogP contribution in [0.4, 0.5) is 0 Å². The van der Waals surface area contributed by atoms with Crippen LogP contribution < -0.4 is 10.6 Å². The van der Waals surface area contributed by atoms with Crippen molar-refractivity contribution in [2.24, 2.45) is 17.3 Å². The van der Waals surface area contributed by atoms with Gasteiger partial charge in [0.2, 0.25) is 5.91 Å². The van der Waals surface area contributed by atoms with Gasteiger partial charge in [-0.15, -0.1) is 0 Å². The number of piperidine rings is 1. The molecular weight excluding hydrogens is 268 g/mol. The summed E-state index contributed by atoms with van der Waals surface area (Å²) in [6.07, 6.45) is 4.30. The molecule has 1 rings (SSSR count). The van der Waals surface area contributed by atoms with E-state index in [1.165, 1.54) is 0 Å². The van der Waals surface area contributed by atoms with Crippen molar-refractivity contribution in [2.45, 2.75) is 52.9 Å². The third-order valence-corrected chi connectivity index (χ3v) is 4.30. The Hall–Kier alpha value is -1.10. The van der Waals surface area contributed by atoms with Gasteiger partial charge in [0.05, 0.1) is 11.3 Å². The van der Waals surface area contributed by atoms with Crippen LogP contribution in [-0.4, -0.2) is 36.6 Å². The van der Waals surface area contributed by atoms with E-state index in [1.807, 2.05) is 13.8 Å². The lowest BCUT2D eigenvalue weighted by Crippen LogP contribution is -2.51. The fourth-order valence-electron chi connectivity index (χ4n) is 3.21. The Morgan fingerprint density at radius 1 is 1.38 bits per heavy atom. The molecule has 1 saturated heterocycles. The summed E-state index contributed by atoms with van der Waals surface area (Å²) in [6, 6.07) is 0. The van der Waals surface area contributed by atoms with E-state index in [4.69, 9.17) is 0 Å². The summed E-state index contributed by atoms with van der Waals surface area (Å²) in [4.78, 5) is 23.8. The van der Waals surface area contributed by atoms with Crippen LogP contribution in [0.1, 0.15) is 52.9 Å². The third-order valence-electron chi connectivity index (χ3n) is 4.30. The molecule has 21 heavy (non-hydrogen) atoms. The predicted molar refractivity (Wildman–Crippen MR) is 83.0 cm³/mol. The number of nitrogens with one attached hydrogen (secondary N) is 2. The Morgan fingerprint density at radius 3 is 2.57 bits per heavy atom. The van der Waals surface area contributed by atoms with Gasteiger partial charge in [-0.1, -0.05) is 27.2 Å². The topological polar surface area (TPSA) is 78.4 Å². The number of carbonyl (C=O) groups is 2. The van der Waals surface area contributed by atoms with Crippen molar-refractivity contribution in [3.63, 3.8) is 0 Å². The van der Waals surface area contributed by atoms with Crippen molar-refractivity contribution in [1.82, 2.24) is 10.6 Å². The average Bonchev–Trinajstić information content (AvgIpc) is 2.43. The first-order valence-electron chi connectivity index (χ1n) is 8.13. The molecule has 3 N–H and O–H groups in total. The number of carboxylic acids is 1. The molecular formula is C16H30N2O3. The Labute approximate surface area is 127 Å². The lowest BCUT2D eigenvalue weighted by atomic mass is 9.76. The monoisotopic (exact) mass is 298 g/mol. The summed E-state index contributed by atoms with van der Waals surface area (Å²) in [5.74, 6) is -0.991. The van der Waals surface area contributed by atoms with E-state index in [2.05, 4.69) is 17.6 Å². The van der Waals surface area contributed by atoms with Gasteiger partial charge in [-0.2, -0.15) is 0 Å². The second-order valence-electron chi connectivity index (χ2n) is 6.69. The number of carboxylic acid groups (broad SMARTS) is 1. The average molecular weight is 298 g/mol. The van der Waals surface area contributed by atoms with Crippen molar-refractivity contribution in [3.8, 4) is 0 Å². The molecule has 0 radical (unpaired) electrons. The quantitative estimate of drug-likeness (QED) is 0.640. The van der Waals surface area contributed by atoms with Crippen LogP contribution in [-0.2, 0) is 9.59 Å². The molecule has 0 aromatic heterocycles. The molecule has 122 valence electrons. The number of hydrogen-bond acceptors (Lipinski definition) is 3. The minimum absolute atomic E-state index is 0.0200. The molecule has 1 amide bonds. The molecule has 0 aromatic rings. The van der Waals surface area contributed by atoms with Gasteiger partial charge in [0, 0.05) is 13.1 Å². The van der Waals surface area contributed by atoms with Crippen molar-refractivity contribution in [1.29, 1.82) is 0 Å². The largest absolute Gasteiger partial charge is 0.481 e. The second-order valence-corrected chi connectivity index (χ2v) is 6.69. The highest BCUT2D eigenvalue weighted by Crippen LogP contribution is 2.32. The Kier molecular flexibility index (Phi) is 7.15. The second kappa shape index (κ2) is 8.37. The Bertz CT molecular complexity index is 344. The highest BCUT2D eigenvalue weighted by Gasteiger charge is 2.38. The summed E-state index contributed by atoms with van der Waals surface area (Å²) < 4.78 is 0. The van der Waals surface area contributed by atoms with E-state index in [9.17, 15) is 14.7 Å². The van der Waals surface area contributed by atoms with Gasteiger partial charge in [0.25, 0.3) is 0 Å². The molecule has 2 unspecified atom stereocenters. The van der Waals surface area contributed by atoms with Gasteiger partial charge in [-0.05, 0) is 38.1 Å². The van der Waals surface area contributed by atoms with Crippen LogP contribution >= 0.6 is 0 Å². The van der Waals surface area contributed by atoms with E-state index in [-0.39, 0.29) is 17.9 Å². The van der Waals surface area contributed by atoms with Crippen molar-refractivity contribution in [2.75, 3.05) is 19.6 Å². The van der Waals surface area contributed by atoms with Gasteiger partial charge in [-0.25, -0.2) is 0 Å². The van der Waals surface area contributed by atoms with Gasteiger partial charge in [-0.3, -0.25) is 9.59 Å². The highest BCUT2D eigenvalue weighted by atomic mass is 16.4. The maximum atomic E-state index is 12.6. The molecule has 5 nitrogen and oxygen atoms in total. The maximum absolute atomic E-state index is 12.6. The summed E-state index contributed by atoms with van der Waals surface area (Å²) in [5.41, 5.74) is -0.353. The zero-order chi connectivity index (χ0) is 15.9. The van der Waals surface area contributed by atoms with Gasteiger partial charge in [0.1, 0.15) is 0 Å². The fraction of sp³-hybridized carbons (Fsp3) is 0.875. The molecule has 1 aliphatic heterocycles. The summed E-state index contributed by atoms with van der Waals surface area (Å²) in [5, 5.41) is 15.5. The number of amides is 1. The molecule has 0 aromatic carbocycles. The lowest BCUT2D eigenvalue weighted by molar-refractivity contribution is -0.142. The molecule has 0 aliphatic carbocycles. The summed E-state index contributed by atoms with van der Waals surface area (Å²) in [6.45, 7) is 7.99. The van der Waals surface area contributed by atoms with Gasteiger partial charge >= 0.3 is 5.97 Å². The van der Waals surface area contributed by atoms with E-state index < -0.39 is 11.9 Å². The highest BCUT2D eigenvalue weighted by molar-refractivity contribution is 5.83.